The number of alkyl halides is 1. The number of rotatable bonds is 3. The zero-order valence-corrected chi connectivity index (χ0v) is 7.83. The molecule has 12 heavy (non-hydrogen) atoms. The summed E-state index contributed by atoms with van der Waals surface area (Å²) in [5, 5.41) is 9.02. The molecule has 0 saturated carbocycles. The quantitative estimate of drug-likeness (QED) is 0.717. The number of benzene rings is 1. The number of halogens is 1. The van der Waals surface area contributed by atoms with Crippen LogP contribution >= 0.6 is 11.6 Å². The summed E-state index contributed by atoms with van der Waals surface area (Å²) in [5.74, 6) is 0. The van der Waals surface area contributed by atoms with Gasteiger partial charge < -0.3 is 5.11 Å². The second-order valence-electron chi connectivity index (χ2n) is 2.96. The van der Waals surface area contributed by atoms with Crippen LogP contribution in [0.15, 0.2) is 30.3 Å². The van der Waals surface area contributed by atoms with Gasteiger partial charge in [0.2, 0.25) is 0 Å². The Morgan fingerprint density at radius 3 is 2.42 bits per heavy atom. The van der Waals surface area contributed by atoms with Crippen molar-refractivity contribution in [1.29, 1.82) is 0 Å². The lowest BCUT2D eigenvalue weighted by Crippen LogP contribution is -2.03. The van der Waals surface area contributed by atoms with Crippen molar-refractivity contribution in [3.05, 3.63) is 35.9 Å². The molecule has 0 aliphatic carbocycles. The second kappa shape index (κ2) is 4.48. The lowest BCUT2D eigenvalue weighted by molar-refractivity contribution is 0.183. The van der Waals surface area contributed by atoms with Crippen LogP contribution in [0.5, 0.6) is 0 Å². The smallest absolute Gasteiger partial charge is 0.0609 e. The SMILES string of the molecule is CC(O)CC(Cl)c1ccccc1. The minimum atomic E-state index is -0.340. The highest BCUT2D eigenvalue weighted by molar-refractivity contribution is 6.20. The maximum absolute atomic E-state index is 9.10. The Balaban J connectivity index is 2.59. The van der Waals surface area contributed by atoms with Gasteiger partial charge in [0.05, 0.1) is 11.5 Å². The summed E-state index contributed by atoms with van der Waals surface area (Å²) in [6.45, 7) is 1.75. The van der Waals surface area contributed by atoms with Gasteiger partial charge in [-0.1, -0.05) is 30.3 Å². The molecule has 2 unspecified atom stereocenters. The average Bonchev–Trinajstić information content (AvgIpc) is 2.05. The molecule has 66 valence electrons. The largest absolute Gasteiger partial charge is 0.393 e. The van der Waals surface area contributed by atoms with Crippen LogP contribution in [0.3, 0.4) is 0 Å². The highest BCUT2D eigenvalue weighted by Gasteiger charge is 2.09. The molecule has 0 amide bonds. The third-order valence-corrected chi connectivity index (χ3v) is 2.14. The van der Waals surface area contributed by atoms with Gasteiger partial charge in [-0.2, -0.15) is 0 Å². The first-order valence-electron chi connectivity index (χ1n) is 4.07. The van der Waals surface area contributed by atoms with Gasteiger partial charge in [0.25, 0.3) is 0 Å². The summed E-state index contributed by atoms with van der Waals surface area (Å²) in [4.78, 5) is 0. The zero-order chi connectivity index (χ0) is 8.97. The van der Waals surface area contributed by atoms with E-state index >= 15 is 0 Å². The Labute approximate surface area is 78.0 Å². The normalized spacial score (nSPS) is 15.6. The van der Waals surface area contributed by atoms with Gasteiger partial charge in [0.15, 0.2) is 0 Å². The van der Waals surface area contributed by atoms with Crippen LogP contribution in [0.1, 0.15) is 24.3 Å². The van der Waals surface area contributed by atoms with E-state index < -0.39 is 0 Å². The number of aliphatic hydroxyl groups excluding tert-OH is 1. The molecule has 1 nitrogen and oxygen atoms in total. The molecule has 2 heteroatoms. The van der Waals surface area contributed by atoms with Crippen molar-refractivity contribution in [2.75, 3.05) is 0 Å². The van der Waals surface area contributed by atoms with Crippen LogP contribution in [0.4, 0.5) is 0 Å². The molecule has 0 aliphatic heterocycles. The Morgan fingerprint density at radius 2 is 1.92 bits per heavy atom. The van der Waals surface area contributed by atoms with E-state index in [9.17, 15) is 0 Å². The van der Waals surface area contributed by atoms with E-state index in [1.165, 1.54) is 0 Å². The van der Waals surface area contributed by atoms with Gasteiger partial charge in [-0.05, 0) is 18.9 Å². The Bertz CT molecular complexity index is 221. The molecular weight excluding hydrogens is 172 g/mol. The number of hydrogen-bond donors (Lipinski definition) is 1. The molecule has 0 heterocycles. The van der Waals surface area contributed by atoms with Crippen molar-refractivity contribution < 1.29 is 5.11 Å². The van der Waals surface area contributed by atoms with Crippen LogP contribution in [0.2, 0.25) is 0 Å². The van der Waals surface area contributed by atoms with Crippen molar-refractivity contribution >= 4 is 11.6 Å². The van der Waals surface area contributed by atoms with Crippen LogP contribution in [0, 0.1) is 0 Å². The molecule has 1 aromatic rings. The van der Waals surface area contributed by atoms with Gasteiger partial charge in [0, 0.05) is 0 Å². The van der Waals surface area contributed by atoms with Crippen molar-refractivity contribution in [3.63, 3.8) is 0 Å². The molecule has 0 saturated heterocycles. The van der Waals surface area contributed by atoms with Gasteiger partial charge in [-0.3, -0.25) is 0 Å². The fourth-order valence-corrected chi connectivity index (χ4v) is 1.50. The average molecular weight is 185 g/mol. The lowest BCUT2D eigenvalue weighted by atomic mass is 10.1. The lowest BCUT2D eigenvalue weighted by Gasteiger charge is -2.10. The van der Waals surface area contributed by atoms with Gasteiger partial charge in [-0.15, -0.1) is 11.6 Å². The van der Waals surface area contributed by atoms with E-state index in [1.54, 1.807) is 6.92 Å². The van der Waals surface area contributed by atoms with Gasteiger partial charge in [-0.25, -0.2) is 0 Å². The second-order valence-corrected chi connectivity index (χ2v) is 3.49. The molecule has 0 radical (unpaired) electrons. The third kappa shape index (κ3) is 2.84. The summed E-state index contributed by atoms with van der Waals surface area (Å²) in [6, 6.07) is 9.80. The van der Waals surface area contributed by atoms with Crippen molar-refractivity contribution in [3.8, 4) is 0 Å². The first-order chi connectivity index (χ1) is 5.70. The first-order valence-corrected chi connectivity index (χ1v) is 4.51. The Hall–Kier alpha value is -0.530. The molecule has 0 bridgehead atoms. The molecule has 0 aliphatic rings. The van der Waals surface area contributed by atoms with Crippen molar-refractivity contribution in [2.24, 2.45) is 0 Å². The summed E-state index contributed by atoms with van der Waals surface area (Å²) in [6.07, 6.45) is 0.263. The molecule has 1 N–H and O–H groups in total. The van der Waals surface area contributed by atoms with Crippen LogP contribution in [-0.4, -0.2) is 11.2 Å². The highest BCUT2D eigenvalue weighted by atomic mass is 35.5. The molecule has 1 rings (SSSR count). The van der Waals surface area contributed by atoms with Crippen molar-refractivity contribution in [1.82, 2.24) is 0 Å². The summed E-state index contributed by atoms with van der Waals surface area (Å²) < 4.78 is 0. The van der Waals surface area contributed by atoms with E-state index in [0.29, 0.717) is 6.42 Å². The van der Waals surface area contributed by atoms with E-state index in [4.69, 9.17) is 16.7 Å². The third-order valence-electron chi connectivity index (χ3n) is 1.71. The van der Waals surface area contributed by atoms with Gasteiger partial charge in [0.1, 0.15) is 0 Å². The summed E-state index contributed by atoms with van der Waals surface area (Å²) in [7, 11) is 0. The predicted molar refractivity (Wildman–Crippen MR) is 51.3 cm³/mol. The highest BCUT2D eigenvalue weighted by Crippen LogP contribution is 2.24. The molecule has 2 atom stereocenters. The van der Waals surface area contributed by atoms with E-state index in [0.717, 1.165) is 5.56 Å². The molecular formula is C10H13ClO. The van der Waals surface area contributed by atoms with Crippen LogP contribution in [-0.2, 0) is 0 Å². The number of aliphatic hydroxyl groups is 1. The Morgan fingerprint density at radius 1 is 1.33 bits per heavy atom. The summed E-state index contributed by atoms with van der Waals surface area (Å²) >= 11 is 6.04. The van der Waals surface area contributed by atoms with E-state index in [2.05, 4.69) is 0 Å². The Kier molecular flexibility index (Phi) is 3.57. The van der Waals surface area contributed by atoms with E-state index in [1.807, 2.05) is 30.3 Å². The molecule has 1 aromatic carbocycles. The maximum Gasteiger partial charge on any atom is 0.0609 e. The van der Waals surface area contributed by atoms with Crippen LogP contribution < -0.4 is 0 Å². The minimum absolute atomic E-state index is 0.0776. The fraction of sp³-hybridized carbons (Fsp3) is 0.400. The van der Waals surface area contributed by atoms with Crippen LogP contribution in [0.25, 0.3) is 0 Å². The maximum atomic E-state index is 9.10. The van der Waals surface area contributed by atoms with Crippen molar-refractivity contribution in [2.45, 2.75) is 24.8 Å². The monoisotopic (exact) mass is 184 g/mol. The molecule has 0 spiro atoms. The molecule has 0 fully saturated rings. The van der Waals surface area contributed by atoms with Gasteiger partial charge >= 0.3 is 0 Å². The number of hydrogen-bond acceptors (Lipinski definition) is 1. The fourth-order valence-electron chi connectivity index (χ4n) is 1.10. The zero-order valence-electron chi connectivity index (χ0n) is 7.07. The first kappa shape index (κ1) is 9.56. The molecule has 0 aromatic heterocycles. The standard InChI is InChI=1S/C10H13ClO/c1-8(12)7-10(11)9-5-3-2-4-6-9/h2-6,8,10,12H,7H2,1H3. The summed E-state index contributed by atoms with van der Waals surface area (Å²) in [5.41, 5.74) is 1.07. The predicted octanol–water partition coefficient (Wildman–Crippen LogP) is 2.74. The van der Waals surface area contributed by atoms with E-state index in [-0.39, 0.29) is 11.5 Å². The topological polar surface area (TPSA) is 20.2 Å². The minimum Gasteiger partial charge on any atom is -0.393 e.